The molecule has 20 heavy (non-hydrogen) atoms. The van der Waals surface area contributed by atoms with Gasteiger partial charge in [0.2, 0.25) is 0 Å². The highest BCUT2D eigenvalue weighted by Crippen LogP contribution is 2.37. The lowest BCUT2D eigenvalue weighted by atomic mass is 10.2. The van der Waals surface area contributed by atoms with E-state index in [-0.39, 0.29) is 6.04 Å². The van der Waals surface area contributed by atoms with Gasteiger partial charge in [0, 0.05) is 18.0 Å². The van der Waals surface area contributed by atoms with Crippen molar-refractivity contribution in [3.63, 3.8) is 0 Å². The van der Waals surface area contributed by atoms with E-state index in [4.69, 9.17) is 9.72 Å². The molecule has 1 aliphatic heterocycles. The number of hydrogen-bond donors (Lipinski definition) is 1. The highest BCUT2D eigenvalue weighted by Gasteiger charge is 2.20. The van der Waals surface area contributed by atoms with Gasteiger partial charge in [-0.15, -0.1) is 11.3 Å². The molecule has 1 unspecified atom stereocenters. The van der Waals surface area contributed by atoms with E-state index in [1.807, 2.05) is 25.2 Å². The van der Waals surface area contributed by atoms with E-state index in [1.165, 1.54) is 0 Å². The monoisotopic (exact) mass is 289 g/mol. The molecular weight excluding hydrogens is 270 g/mol. The van der Waals surface area contributed by atoms with Crippen LogP contribution in [0, 0.1) is 0 Å². The molecule has 2 aromatic rings. The predicted molar refractivity (Wildman–Crippen MR) is 83.1 cm³/mol. The predicted octanol–water partition coefficient (Wildman–Crippen LogP) is 3.34. The molecule has 0 bridgehead atoms. The molecule has 1 atom stereocenters. The standard InChI is InChI=1S/C15H19N3OS/c1-11(16-2)12-10-20-15(17-12)18-8-5-9-19-14-7-4-3-6-13(14)18/h3-4,6-7,10-11,16H,5,8-9H2,1-2H3. The van der Waals surface area contributed by atoms with E-state index in [2.05, 4.69) is 28.6 Å². The number of anilines is 2. The van der Waals surface area contributed by atoms with Gasteiger partial charge in [0.25, 0.3) is 0 Å². The van der Waals surface area contributed by atoms with Crippen LogP contribution in [0.15, 0.2) is 29.6 Å². The van der Waals surface area contributed by atoms with E-state index < -0.39 is 0 Å². The smallest absolute Gasteiger partial charge is 0.190 e. The average molecular weight is 289 g/mol. The Kier molecular flexibility index (Phi) is 3.89. The Morgan fingerprint density at radius 3 is 3.10 bits per heavy atom. The van der Waals surface area contributed by atoms with Crippen molar-refractivity contribution in [1.82, 2.24) is 10.3 Å². The molecule has 1 aromatic carbocycles. The number of aromatic nitrogens is 1. The summed E-state index contributed by atoms with van der Waals surface area (Å²) in [5, 5.41) is 6.40. The summed E-state index contributed by atoms with van der Waals surface area (Å²) >= 11 is 1.69. The first-order valence-electron chi connectivity index (χ1n) is 6.91. The fourth-order valence-electron chi connectivity index (χ4n) is 2.27. The van der Waals surface area contributed by atoms with Crippen LogP contribution in [-0.4, -0.2) is 25.2 Å². The van der Waals surface area contributed by atoms with Crippen LogP contribution in [0.5, 0.6) is 5.75 Å². The minimum absolute atomic E-state index is 0.276. The van der Waals surface area contributed by atoms with Gasteiger partial charge in [0.05, 0.1) is 18.0 Å². The molecule has 0 saturated carbocycles. The lowest BCUT2D eigenvalue weighted by molar-refractivity contribution is 0.322. The van der Waals surface area contributed by atoms with E-state index in [0.717, 1.165) is 41.8 Å². The van der Waals surface area contributed by atoms with Crippen molar-refractivity contribution < 1.29 is 4.74 Å². The van der Waals surface area contributed by atoms with Crippen LogP contribution in [0.1, 0.15) is 25.1 Å². The number of benzene rings is 1. The van der Waals surface area contributed by atoms with Crippen molar-refractivity contribution in [3.8, 4) is 5.75 Å². The SMILES string of the molecule is CNC(C)c1csc(N2CCCOc3ccccc32)n1. The summed E-state index contributed by atoms with van der Waals surface area (Å²) in [6.45, 7) is 3.83. The van der Waals surface area contributed by atoms with Gasteiger partial charge in [0.1, 0.15) is 5.75 Å². The molecule has 0 spiro atoms. The molecule has 0 amide bonds. The highest BCUT2D eigenvalue weighted by molar-refractivity contribution is 7.13. The molecule has 4 nitrogen and oxygen atoms in total. The quantitative estimate of drug-likeness (QED) is 0.940. The third-order valence-corrected chi connectivity index (χ3v) is 4.44. The summed E-state index contributed by atoms with van der Waals surface area (Å²) in [5.74, 6) is 0.948. The summed E-state index contributed by atoms with van der Waals surface area (Å²) in [5.41, 5.74) is 2.21. The normalized spacial score (nSPS) is 16.2. The lowest BCUT2D eigenvalue weighted by Crippen LogP contribution is -2.18. The van der Waals surface area contributed by atoms with E-state index in [1.54, 1.807) is 11.3 Å². The van der Waals surface area contributed by atoms with Crippen molar-refractivity contribution in [2.75, 3.05) is 25.1 Å². The zero-order valence-electron chi connectivity index (χ0n) is 11.8. The van der Waals surface area contributed by atoms with Gasteiger partial charge < -0.3 is 15.0 Å². The molecule has 106 valence electrons. The first-order valence-corrected chi connectivity index (χ1v) is 7.79. The minimum Gasteiger partial charge on any atom is -0.491 e. The number of hydrogen-bond acceptors (Lipinski definition) is 5. The summed E-state index contributed by atoms with van der Waals surface area (Å²) in [6, 6.07) is 8.46. The largest absolute Gasteiger partial charge is 0.491 e. The second-order valence-corrected chi connectivity index (χ2v) is 5.72. The van der Waals surface area contributed by atoms with Crippen LogP contribution in [0.3, 0.4) is 0 Å². The maximum absolute atomic E-state index is 5.80. The minimum atomic E-state index is 0.276. The average Bonchev–Trinajstić information content (AvgIpc) is 2.87. The van der Waals surface area contributed by atoms with Gasteiger partial charge in [0.15, 0.2) is 5.13 Å². The molecule has 5 heteroatoms. The van der Waals surface area contributed by atoms with E-state index >= 15 is 0 Å². The Hall–Kier alpha value is -1.59. The summed E-state index contributed by atoms with van der Waals surface area (Å²) < 4.78 is 5.80. The number of fused-ring (bicyclic) bond motifs is 1. The van der Waals surface area contributed by atoms with Gasteiger partial charge in [-0.1, -0.05) is 12.1 Å². The van der Waals surface area contributed by atoms with Crippen molar-refractivity contribution in [2.45, 2.75) is 19.4 Å². The zero-order valence-corrected chi connectivity index (χ0v) is 12.6. The van der Waals surface area contributed by atoms with Crippen LogP contribution in [0.4, 0.5) is 10.8 Å². The Balaban J connectivity index is 1.95. The lowest BCUT2D eigenvalue weighted by Gasteiger charge is -2.20. The summed E-state index contributed by atoms with van der Waals surface area (Å²) in [4.78, 5) is 7.03. The zero-order chi connectivity index (χ0) is 13.9. The third kappa shape index (κ3) is 2.51. The first-order chi connectivity index (χ1) is 9.79. The van der Waals surface area contributed by atoms with Crippen LogP contribution in [-0.2, 0) is 0 Å². The highest BCUT2D eigenvalue weighted by atomic mass is 32.1. The molecule has 1 aliphatic rings. The maximum atomic E-state index is 5.80. The third-order valence-electron chi connectivity index (χ3n) is 3.56. The molecule has 0 radical (unpaired) electrons. The second kappa shape index (κ2) is 5.81. The van der Waals surface area contributed by atoms with Crippen molar-refractivity contribution >= 4 is 22.2 Å². The molecule has 2 heterocycles. The van der Waals surface area contributed by atoms with Crippen molar-refractivity contribution in [1.29, 1.82) is 0 Å². The fraction of sp³-hybridized carbons (Fsp3) is 0.400. The summed E-state index contributed by atoms with van der Waals surface area (Å²) in [7, 11) is 1.96. The second-order valence-electron chi connectivity index (χ2n) is 4.89. The van der Waals surface area contributed by atoms with Crippen LogP contribution in [0.25, 0.3) is 0 Å². The Labute approximate surface area is 123 Å². The van der Waals surface area contributed by atoms with Crippen molar-refractivity contribution in [3.05, 3.63) is 35.3 Å². The van der Waals surface area contributed by atoms with Gasteiger partial charge in [-0.2, -0.15) is 0 Å². The Bertz CT molecular complexity index is 584. The number of para-hydroxylation sites is 2. The molecule has 3 rings (SSSR count). The molecular formula is C15H19N3OS. The van der Waals surface area contributed by atoms with Crippen LogP contribution < -0.4 is 15.0 Å². The van der Waals surface area contributed by atoms with Gasteiger partial charge in [-0.05, 0) is 32.5 Å². The number of nitrogens with one attached hydrogen (secondary N) is 1. The fourth-order valence-corrected chi connectivity index (χ4v) is 3.23. The van der Waals surface area contributed by atoms with Crippen LogP contribution in [0.2, 0.25) is 0 Å². The molecule has 1 aromatic heterocycles. The van der Waals surface area contributed by atoms with Gasteiger partial charge >= 0.3 is 0 Å². The Morgan fingerprint density at radius 2 is 2.25 bits per heavy atom. The van der Waals surface area contributed by atoms with E-state index in [9.17, 15) is 0 Å². The molecule has 0 fully saturated rings. The number of rotatable bonds is 3. The van der Waals surface area contributed by atoms with E-state index in [0.29, 0.717) is 0 Å². The van der Waals surface area contributed by atoms with Crippen LogP contribution >= 0.6 is 11.3 Å². The van der Waals surface area contributed by atoms with Crippen molar-refractivity contribution in [2.24, 2.45) is 0 Å². The molecule has 0 saturated heterocycles. The number of thiazole rings is 1. The molecule has 0 aliphatic carbocycles. The first kappa shape index (κ1) is 13.4. The maximum Gasteiger partial charge on any atom is 0.190 e. The number of nitrogens with zero attached hydrogens (tertiary/aromatic N) is 2. The number of ether oxygens (including phenoxy) is 1. The topological polar surface area (TPSA) is 37.4 Å². The Morgan fingerprint density at radius 1 is 1.40 bits per heavy atom. The molecule has 1 N–H and O–H groups in total. The summed E-state index contributed by atoms with van der Waals surface area (Å²) in [6.07, 6.45) is 1.01. The van der Waals surface area contributed by atoms with Gasteiger partial charge in [-0.3, -0.25) is 0 Å². The van der Waals surface area contributed by atoms with Gasteiger partial charge in [-0.25, -0.2) is 4.98 Å².